The molecule has 1 atom stereocenters. The van der Waals surface area contributed by atoms with Crippen molar-refractivity contribution in [2.24, 2.45) is 5.73 Å². The number of rotatable bonds is 3. The zero-order valence-corrected chi connectivity index (χ0v) is 9.47. The average Bonchev–Trinajstić information content (AvgIpc) is 2.11. The molecule has 1 aromatic carbocycles. The van der Waals surface area contributed by atoms with E-state index in [0.29, 0.717) is 6.54 Å². The molecule has 2 nitrogen and oxygen atoms in total. The Hall–Kier alpha value is -0.540. The van der Waals surface area contributed by atoms with Crippen LogP contribution in [0.5, 0.6) is 5.75 Å². The molecule has 0 saturated carbocycles. The second kappa shape index (κ2) is 4.63. The highest BCUT2D eigenvalue weighted by molar-refractivity contribution is 9.10. The van der Waals surface area contributed by atoms with Gasteiger partial charge in [0.25, 0.3) is 0 Å². The smallest absolute Gasteiger partial charge is 0.123 e. The van der Waals surface area contributed by atoms with Crippen LogP contribution in [0.3, 0.4) is 0 Å². The molecule has 13 heavy (non-hydrogen) atoms. The van der Waals surface area contributed by atoms with Gasteiger partial charge in [0.15, 0.2) is 0 Å². The van der Waals surface area contributed by atoms with Crippen LogP contribution in [0.1, 0.15) is 12.5 Å². The Morgan fingerprint density at radius 2 is 2.23 bits per heavy atom. The van der Waals surface area contributed by atoms with Gasteiger partial charge >= 0.3 is 0 Å². The van der Waals surface area contributed by atoms with Crippen molar-refractivity contribution in [2.45, 2.75) is 20.0 Å². The molecule has 0 spiro atoms. The van der Waals surface area contributed by atoms with Crippen molar-refractivity contribution < 1.29 is 4.74 Å². The normalized spacial score (nSPS) is 12.6. The molecule has 1 unspecified atom stereocenters. The maximum absolute atomic E-state index is 5.62. The third-order valence-corrected chi connectivity index (χ3v) is 2.30. The summed E-state index contributed by atoms with van der Waals surface area (Å²) in [5, 5.41) is 0. The third kappa shape index (κ3) is 3.01. The Balaban J connectivity index is 2.81. The van der Waals surface area contributed by atoms with Gasteiger partial charge in [-0.15, -0.1) is 0 Å². The minimum Gasteiger partial charge on any atom is -0.489 e. The number of ether oxygens (including phenoxy) is 1. The van der Waals surface area contributed by atoms with Crippen LogP contribution in [0.15, 0.2) is 22.7 Å². The summed E-state index contributed by atoms with van der Waals surface area (Å²) in [6.07, 6.45) is 0.0630. The lowest BCUT2D eigenvalue weighted by Crippen LogP contribution is -2.23. The summed E-state index contributed by atoms with van der Waals surface area (Å²) in [5.74, 6) is 0.896. The van der Waals surface area contributed by atoms with E-state index in [1.165, 1.54) is 0 Å². The van der Waals surface area contributed by atoms with Gasteiger partial charge in [-0.1, -0.05) is 22.0 Å². The van der Waals surface area contributed by atoms with Gasteiger partial charge in [-0.3, -0.25) is 0 Å². The van der Waals surface area contributed by atoms with Crippen LogP contribution in [0.25, 0.3) is 0 Å². The van der Waals surface area contributed by atoms with Crippen LogP contribution in [-0.4, -0.2) is 12.6 Å². The van der Waals surface area contributed by atoms with Gasteiger partial charge < -0.3 is 10.5 Å². The number of benzene rings is 1. The maximum Gasteiger partial charge on any atom is 0.123 e. The topological polar surface area (TPSA) is 35.2 Å². The molecule has 0 aliphatic rings. The van der Waals surface area contributed by atoms with E-state index in [4.69, 9.17) is 10.5 Å². The molecule has 3 heteroatoms. The SMILES string of the molecule is Cc1ccc(Br)cc1OC(C)CN. The molecular formula is C10H14BrNO. The van der Waals surface area contributed by atoms with E-state index in [9.17, 15) is 0 Å². The van der Waals surface area contributed by atoms with Gasteiger partial charge in [-0.05, 0) is 31.5 Å². The summed E-state index contributed by atoms with van der Waals surface area (Å²) in [6, 6.07) is 5.97. The molecule has 0 saturated heterocycles. The number of hydrogen-bond donors (Lipinski definition) is 1. The number of aryl methyl sites for hydroxylation is 1. The van der Waals surface area contributed by atoms with Gasteiger partial charge in [0.1, 0.15) is 11.9 Å². The molecule has 0 aromatic heterocycles. The van der Waals surface area contributed by atoms with Crippen molar-refractivity contribution in [3.05, 3.63) is 28.2 Å². The van der Waals surface area contributed by atoms with E-state index in [0.717, 1.165) is 15.8 Å². The zero-order chi connectivity index (χ0) is 9.84. The fourth-order valence-corrected chi connectivity index (χ4v) is 1.31. The van der Waals surface area contributed by atoms with E-state index >= 15 is 0 Å². The van der Waals surface area contributed by atoms with Gasteiger partial charge in [0.05, 0.1) is 0 Å². The second-order valence-corrected chi connectivity index (χ2v) is 3.99. The van der Waals surface area contributed by atoms with Crippen molar-refractivity contribution in [2.75, 3.05) is 6.54 Å². The molecular weight excluding hydrogens is 230 g/mol. The summed E-state index contributed by atoms with van der Waals surface area (Å²) in [6.45, 7) is 4.51. The Kier molecular flexibility index (Phi) is 3.75. The van der Waals surface area contributed by atoms with Crippen LogP contribution in [0, 0.1) is 6.92 Å². The summed E-state index contributed by atoms with van der Waals surface area (Å²) in [4.78, 5) is 0. The molecule has 2 N–H and O–H groups in total. The number of halogens is 1. The van der Waals surface area contributed by atoms with Gasteiger partial charge in [0, 0.05) is 11.0 Å². The van der Waals surface area contributed by atoms with E-state index in [1.807, 2.05) is 32.0 Å². The van der Waals surface area contributed by atoms with Crippen molar-refractivity contribution in [3.8, 4) is 5.75 Å². The summed E-state index contributed by atoms with van der Waals surface area (Å²) < 4.78 is 6.65. The quantitative estimate of drug-likeness (QED) is 0.886. The van der Waals surface area contributed by atoms with Gasteiger partial charge in [-0.25, -0.2) is 0 Å². The second-order valence-electron chi connectivity index (χ2n) is 3.07. The minimum absolute atomic E-state index is 0.0630. The Bertz CT molecular complexity index is 288. The molecule has 72 valence electrons. The molecule has 0 heterocycles. The first-order chi connectivity index (χ1) is 6.13. The molecule has 0 fully saturated rings. The van der Waals surface area contributed by atoms with E-state index < -0.39 is 0 Å². The lowest BCUT2D eigenvalue weighted by Gasteiger charge is -2.14. The molecule has 0 radical (unpaired) electrons. The van der Waals surface area contributed by atoms with E-state index in [-0.39, 0.29) is 6.10 Å². The summed E-state index contributed by atoms with van der Waals surface area (Å²) in [5.41, 5.74) is 6.60. The standard InChI is InChI=1S/C10H14BrNO/c1-7-3-4-9(11)5-10(7)13-8(2)6-12/h3-5,8H,6,12H2,1-2H3. The van der Waals surface area contributed by atoms with Crippen LogP contribution < -0.4 is 10.5 Å². The predicted octanol–water partition coefficient (Wildman–Crippen LogP) is 2.48. The maximum atomic E-state index is 5.62. The monoisotopic (exact) mass is 243 g/mol. The molecule has 0 amide bonds. The molecule has 0 bridgehead atoms. The zero-order valence-electron chi connectivity index (χ0n) is 7.88. The predicted molar refractivity (Wildman–Crippen MR) is 58.0 cm³/mol. The molecule has 0 aliphatic heterocycles. The van der Waals surface area contributed by atoms with Crippen LogP contribution >= 0.6 is 15.9 Å². The fraction of sp³-hybridized carbons (Fsp3) is 0.400. The van der Waals surface area contributed by atoms with E-state index in [1.54, 1.807) is 0 Å². The fourth-order valence-electron chi connectivity index (χ4n) is 0.966. The van der Waals surface area contributed by atoms with Gasteiger partial charge in [0.2, 0.25) is 0 Å². The first-order valence-corrected chi connectivity index (χ1v) is 5.05. The van der Waals surface area contributed by atoms with Crippen molar-refractivity contribution >= 4 is 15.9 Å². The van der Waals surface area contributed by atoms with Crippen LogP contribution in [0.4, 0.5) is 0 Å². The summed E-state index contributed by atoms with van der Waals surface area (Å²) >= 11 is 3.40. The highest BCUT2D eigenvalue weighted by Gasteiger charge is 2.04. The lowest BCUT2D eigenvalue weighted by molar-refractivity contribution is 0.228. The molecule has 0 aliphatic carbocycles. The van der Waals surface area contributed by atoms with E-state index in [2.05, 4.69) is 15.9 Å². The highest BCUT2D eigenvalue weighted by atomic mass is 79.9. The van der Waals surface area contributed by atoms with Crippen molar-refractivity contribution in [3.63, 3.8) is 0 Å². The first-order valence-electron chi connectivity index (χ1n) is 4.26. The number of nitrogens with two attached hydrogens (primary N) is 1. The minimum atomic E-state index is 0.0630. The Labute approximate surface area is 87.2 Å². The summed E-state index contributed by atoms with van der Waals surface area (Å²) in [7, 11) is 0. The Morgan fingerprint density at radius 1 is 1.54 bits per heavy atom. The van der Waals surface area contributed by atoms with Crippen LogP contribution in [0.2, 0.25) is 0 Å². The van der Waals surface area contributed by atoms with Crippen molar-refractivity contribution in [1.82, 2.24) is 0 Å². The molecule has 1 aromatic rings. The average molecular weight is 244 g/mol. The van der Waals surface area contributed by atoms with Crippen molar-refractivity contribution in [1.29, 1.82) is 0 Å². The van der Waals surface area contributed by atoms with Gasteiger partial charge in [-0.2, -0.15) is 0 Å². The molecule has 1 rings (SSSR count). The largest absolute Gasteiger partial charge is 0.489 e. The Morgan fingerprint density at radius 3 is 2.85 bits per heavy atom. The number of hydrogen-bond acceptors (Lipinski definition) is 2. The third-order valence-electron chi connectivity index (χ3n) is 1.81. The van der Waals surface area contributed by atoms with Crippen LogP contribution in [-0.2, 0) is 0 Å². The lowest BCUT2D eigenvalue weighted by atomic mass is 10.2. The first kappa shape index (κ1) is 10.5. The highest BCUT2D eigenvalue weighted by Crippen LogP contribution is 2.23.